The summed E-state index contributed by atoms with van der Waals surface area (Å²) in [5.74, 6) is 1.60. The molecule has 1 fully saturated rings. The van der Waals surface area contributed by atoms with Crippen LogP contribution in [0, 0.1) is 0 Å². The first-order valence-electron chi connectivity index (χ1n) is 7.52. The van der Waals surface area contributed by atoms with Crippen LogP contribution in [0.4, 0.5) is 0 Å². The molecule has 5 heteroatoms. The molecule has 1 aromatic rings. The first kappa shape index (κ1) is 15.6. The van der Waals surface area contributed by atoms with E-state index in [1.54, 1.807) is 7.11 Å². The molecule has 21 heavy (non-hydrogen) atoms. The van der Waals surface area contributed by atoms with Gasteiger partial charge in [-0.3, -0.25) is 4.79 Å². The van der Waals surface area contributed by atoms with Crippen LogP contribution in [0.5, 0.6) is 11.5 Å². The molecule has 1 aliphatic rings. The summed E-state index contributed by atoms with van der Waals surface area (Å²) in [5.41, 5.74) is 1.01. The number of hydrogen-bond acceptors (Lipinski definition) is 4. The number of carbonyl (C=O) groups is 1. The van der Waals surface area contributed by atoms with E-state index in [2.05, 4.69) is 12.2 Å². The van der Waals surface area contributed by atoms with Crippen molar-refractivity contribution in [3.05, 3.63) is 23.8 Å². The quantitative estimate of drug-likeness (QED) is 0.832. The fourth-order valence-electron chi connectivity index (χ4n) is 2.42. The molecule has 0 aliphatic carbocycles. The summed E-state index contributed by atoms with van der Waals surface area (Å²) in [6, 6.07) is 5.66. The van der Waals surface area contributed by atoms with Gasteiger partial charge in [0.1, 0.15) is 11.5 Å². The van der Waals surface area contributed by atoms with Crippen molar-refractivity contribution in [1.29, 1.82) is 0 Å². The molecular weight excluding hydrogens is 268 g/mol. The third-order valence-corrected chi connectivity index (χ3v) is 3.64. The second kappa shape index (κ2) is 7.88. The van der Waals surface area contributed by atoms with E-state index in [9.17, 15) is 4.79 Å². The lowest BCUT2D eigenvalue weighted by atomic mass is 10.2. The lowest BCUT2D eigenvalue weighted by Gasteiger charge is -2.17. The molecule has 0 saturated carbocycles. The zero-order valence-electron chi connectivity index (χ0n) is 12.9. The first-order valence-corrected chi connectivity index (χ1v) is 7.52. The first-order chi connectivity index (χ1) is 10.2. The molecule has 2 rings (SSSR count). The predicted octanol–water partition coefficient (Wildman–Crippen LogP) is 1.81. The monoisotopic (exact) mass is 292 g/mol. The van der Waals surface area contributed by atoms with Gasteiger partial charge in [0.15, 0.2) is 6.61 Å². The van der Waals surface area contributed by atoms with Crippen molar-refractivity contribution in [3.8, 4) is 11.5 Å². The van der Waals surface area contributed by atoms with Crippen LogP contribution in [0.1, 0.15) is 25.3 Å². The van der Waals surface area contributed by atoms with Crippen molar-refractivity contribution in [1.82, 2.24) is 10.2 Å². The average molecular weight is 292 g/mol. The summed E-state index contributed by atoms with van der Waals surface area (Å²) in [6.45, 7) is 5.44. The van der Waals surface area contributed by atoms with Gasteiger partial charge < -0.3 is 19.7 Å². The Morgan fingerprint density at radius 1 is 1.33 bits per heavy atom. The van der Waals surface area contributed by atoms with Crippen LogP contribution in [-0.2, 0) is 11.3 Å². The zero-order valence-corrected chi connectivity index (χ0v) is 12.9. The number of carbonyl (C=O) groups excluding carboxylic acids is 1. The van der Waals surface area contributed by atoms with Crippen molar-refractivity contribution in [2.75, 3.05) is 33.4 Å². The summed E-state index contributed by atoms with van der Waals surface area (Å²) in [5, 5.41) is 3.27. The van der Waals surface area contributed by atoms with E-state index in [1.165, 1.54) is 0 Å². The van der Waals surface area contributed by atoms with Gasteiger partial charge in [0.2, 0.25) is 0 Å². The maximum absolute atomic E-state index is 12.0. The molecule has 5 nitrogen and oxygen atoms in total. The Morgan fingerprint density at radius 3 is 2.76 bits per heavy atom. The number of rotatable bonds is 7. The van der Waals surface area contributed by atoms with E-state index in [4.69, 9.17) is 9.47 Å². The van der Waals surface area contributed by atoms with Crippen molar-refractivity contribution < 1.29 is 14.3 Å². The molecular formula is C16H24N2O3. The number of ether oxygens (including phenoxy) is 2. The van der Waals surface area contributed by atoms with Crippen molar-refractivity contribution in [2.45, 2.75) is 26.3 Å². The molecule has 1 amide bonds. The van der Waals surface area contributed by atoms with Gasteiger partial charge in [-0.25, -0.2) is 0 Å². The number of amides is 1. The third-order valence-electron chi connectivity index (χ3n) is 3.64. The summed E-state index contributed by atoms with van der Waals surface area (Å²) in [6.07, 6.45) is 2.19. The van der Waals surface area contributed by atoms with Crippen LogP contribution in [0.3, 0.4) is 0 Å². The standard InChI is InChI=1S/C16H24N2O3/c1-3-17-11-13-10-14(20-2)6-7-15(13)21-12-16(19)18-8-4-5-9-18/h6-7,10,17H,3-5,8-9,11-12H2,1-2H3. The van der Waals surface area contributed by atoms with E-state index in [0.717, 1.165) is 49.5 Å². The van der Waals surface area contributed by atoms with E-state index in [0.29, 0.717) is 6.54 Å². The number of likely N-dealkylation sites (tertiary alicyclic amines) is 1. The highest BCUT2D eigenvalue weighted by molar-refractivity contribution is 5.78. The van der Waals surface area contributed by atoms with Crippen LogP contribution in [0.2, 0.25) is 0 Å². The van der Waals surface area contributed by atoms with E-state index < -0.39 is 0 Å². The molecule has 1 aliphatic heterocycles. The Kier molecular flexibility index (Phi) is 5.87. The molecule has 0 bridgehead atoms. The van der Waals surface area contributed by atoms with Gasteiger partial charge in [-0.05, 0) is 37.6 Å². The Labute approximate surface area is 126 Å². The highest BCUT2D eigenvalue weighted by Gasteiger charge is 2.18. The molecule has 1 aromatic carbocycles. The van der Waals surface area contributed by atoms with Gasteiger partial charge in [-0.15, -0.1) is 0 Å². The van der Waals surface area contributed by atoms with Crippen LogP contribution in [0.15, 0.2) is 18.2 Å². The smallest absolute Gasteiger partial charge is 0.260 e. The maximum atomic E-state index is 12.0. The lowest BCUT2D eigenvalue weighted by molar-refractivity contribution is -0.132. The van der Waals surface area contributed by atoms with Gasteiger partial charge in [-0.2, -0.15) is 0 Å². The Hall–Kier alpha value is -1.75. The van der Waals surface area contributed by atoms with Crippen molar-refractivity contribution in [3.63, 3.8) is 0 Å². The van der Waals surface area contributed by atoms with E-state index in [1.807, 2.05) is 23.1 Å². The highest BCUT2D eigenvalue weighted by atomic mass is 16.5. The van der Waals surface area contributed by atoms with Gasteiger partial charge in [0.25, 0.3) is 5.91 Å². The average Bonchev–Trinajstić information content (AvgIpc) is 3.05. The Morgan fingerprint density at radius 2 is 2.10 bits per heavy atom. The molecule has 0 atom stereocenters. The number of methoxy groups -OCH3 is 1. The van der Waals surface area contributed by atoms with Crippen LogP contribution in [-0.4, -0.2) is 44.2 Å². The molecule has 116 valence electrons. The Balaban J connectivity index is 1.98. The minimum Gasteiger partial charge on any atom is -0.497 e. The normalized spacial score (nSPS) is 14.3. The third kappa shape index (κ3) is 4.36. The predicted molar refractivity (Wildman–Crippen MR) is 81.7 cm³/mol. The molecule has 0 aromatic heterocycles. The van der Waals surface area contributed by atoms with Crippen molar-refractivity contribution >= 4 is 5.91 Å². The molecule has 1 saturated heterocycles. The number of hydrogen-bond donors (Lipinski definition) is 1. The second-order valence-electron chi connectivity index (χ2n) is 5.13. The van der Waals surface area contributed by atoms with Gasteiger partial charge in [-0.1, -0.05) is 6.92 Å². The summed E-state index contributed by atoms with van der Waals surface area (Å²) < 4.78 is 11.0. The fraction of sp³-hybridized carbons (Fsp3) is 0.562. The Bertz CT molecular complexity index is 471. The zero-order chi connectivity index (χ0) is 15.1. The summed E-state index contributed by atoms with van der Waals surface area (Å²) in [4.78, 5) is 13.9. The summed E-state index contributed by atoms with van der Waals surface area (Å²) in [7, 11) is 1.64. The van der Waals surface area contributed by atoms with Crippen LogP contribution in [0.25, 0.3) is 0 Å². The molecule has 0 unspecified atom stereocenters. The molecule has 1 N–H and O–H groups in total. The second-order valence-corrected chi connectivity index (χ2v) is 5.13. The molecule has 0 spiro atoms. The van der Waals surface area contributed by atoms with Crippen LogP contribution >= 0.6 is 0 Å². The SMILES string of the molecule is CCNCc1cc(OC)ccc1OCC(=O)N1CCCC1. The summed E-state index contributed by atoms with van der Waals surface area (Å²) >= 11 is 0. The van der Waals surface area contributed by atoms with Gasteiger partial charge >= 0.3 is 0 Å². The number of nitrogens with one attached hydrogen (secondary N) is 1. The van der Waals surface area contributed by atoms with Gasteiger partial charge in [0, 0.05) is 25.2 Å². The minimum atomic E-state index is 0.0673. The largest absolute Gasteiger partial charge is 0.497 e. The van der Waals surface area contributed by atoms with Crippen LogP contribution < -0.4 is 14.8 Å². The fourth-order valence-corrected chi connectivity index (χ4v) is 2.42. The maximum Gasteiger partial charge on any atom is 0.260 e. The molecule has 1 heterocycles. The number of nitrogens with zero attached hydrogens (tertiary/aromatic N) is 1. The minimum absolute atomic E-state index is 0.0673. The number of benzene rings is 1. The van der Waals surface area contributed by atoms with Crippen molar-refractivity contribution in [2.24, 2.45) is 0 Å². The van der Waals surface area contributed by atoms with E-state index in [-0.39, 0.29) is 12.5 Å². The van der Waals surface area contributed by atoms with Gasteiger partial charge in [0.05, 0.1) is 7.11 Å². The lowest BCUT2D eigenvalue weighted by Crippen LogP contribution is -2.32. The highest BCUT2D eigenvalue weighted by Crippen LogP contribution is 2.24. The molecule has 0 radical (unpaired) electrons. The topological polar surface area (TPSA) is 50.8 Å². The van der Waals surface area contributed by atoms with E-state index >= 15 is 0 Å².